The Morgan fingerprint density at radius 1 is 1.23 bits per heavy atom. The average Bonchev–Trinajstić information content (AvgIpc) is 3.15. The lowest BCUT2D eigenvalue weighted by Crippen LogP contribution is -2.47. The molecular weight excluding hydrogens is 402 g/mol. The average molecular weight is 426 g/mol. The quantitative estimate of drug-likeness (QED) is 0.675. The van der Waals surface area contributed by atoms with Crippen molar-refractivity contribution in [1.82, 2.24) is 15.1 Å². The fraction of sp³-hybridized carbons (Fsp3) is 0.304. The van der Waals surface area contributed by atoms with E-state index in [1.54, 1.807) is 20.4 Å². The number of benzene rings is 2. The number of piperidine rings is 1. The van der Waals surface area contributed by atoms with Crippen LogP contribution in [-0.2, 0) is 7.05 Å². The van der Waals surface area contributed by atoms with Crippen molar-refractivity contribution in [1.29, 1.82) is 0 Å². The Balaban J connectivity index is 1.52. The zero-order valence-electron chi connectivity index (χ0n) is 17.4. The molecule has 0 saturated carbocycles. The summed E-state index contributed by atoms with van der Waals surface area (Å²) < 4.78 is 34.4. The second kappa shape index (κ2) is 8.75. The van der Waals surface area contributed by atoms with Gasteiger partial charge in [-0.3, -0.25) is 9.48 Å². The van der Waals surface area contributed by atoms with Crippen LogP contribution >= 0.6 is 0 Å². The van der Waals surface area contributed by atoms with Gasteiger partial charge in [0.15, 0.2) is 0 Å². The van der Waals surface area contributed by atoms with Crippen LogP contribution in [0.25, 0.3) is 11.3 Å². The molecule has 162 valence electrons. The van der Waals surface area contributed by atoms with Crippen molar-refractivity contribution >= 4 is 11.6 Å². The number of methoxy groups -OCH3 is 1. The largest absolute Gasteiger partial charge is 0.497 e. The molecule has 0 aliphatic carbocycles. The standard InChI is InChI=1S/C23H24F2N4O2/c1-28-14-20(22(27-28)19-9-8-15(24)11-21(19)25)23(30)26-16-5-4-10-29(13-16)17-6-3-7-18(12-17)31-2/h3,6-9,11-12,14,16H,4-5,10,13H2,1-2H3,(H,26,30). The summed E-state index contributed by atoms with van der Waals surface area (Å²) in [6.45, 7) is 1.54. The van der Waals surface area contributed by atoms with Crippen LogP contribution in [0.4, 0.5) is 14.5 Å². The van der Waals surface area contributed by atoms with Crippen LogP contribution in [0.2, 0.25) is 0 Å². The van der Waals surface area contributed by atoms with E-state index in [1.807, 2.05) is 24.3 Å². The van der Waals surface area contributed by atoms with Crippen LogP contribution in [0.5, 0.6) is 5.75 Å². The van der Waals surface area contributed by atoms with Crippen LogP contribution in [-0.4, -0.2) is 41.9 Å². The maximum Gasteiger partial charge on any atom is 0.255 e. The van der Waals surface area contributed by atoms with E-state index in [-0.39, 0.29) is 28.8 Å². The summed E-state index contributed by atoms with van der Waals surface area (Å²) >= 11 is 0. The number of nitrogens with one attached hydrogen (secondary N) is 1. The van der Waals surface area contributed by atoms with Gasteiger partial charge in [0.05, 0.1) is 12.7 Å². The number of anilines is 1. The van der Waals surface area contributed by atoms with Crippen LogP contribution < -0.4 is 15.0 Å². The van der Waals surface area contributed by atoms with Gasteiger partial charge in [0.1, 0.15) is 23.1 Å². The van der Waals surface area contributed by atoms with Crippen molar-refractivity contribution in [3.8, 4) is 17.0 Å². The van der Waals surface area contributed by atoms with Gasteiger partial charge in [-0.05, 0) is 37.1 Å². The molecular formula is C23H24F2N4O2. The lowest BCUT2D eigenvalue weighted by Gasteiger charge is -2.35. The molecule has 1 N–H and O–H groups in total. The molecule has 2 heterocycles. The van der Waals surface area contributed by atoms with Crippen LogP contribution in [0.3, 0.4) is 0 Å². The minimum Gasteiger partial charge on any atom is -0.497 e. The number of hydrogen-bond donors (Lipinski definition) is 1. The first-order chi connectivity index (χ1) is 14.9. The lowest BCUT2D eigenvalue weighted by molar-refractivity contribution is 0.0933. The van der Waals surface area contributed by atoms with Crippen molar-refractivity contribution in [3.63, 3.8) is 0 Å². The molecule has 1 amide bonds. The molecule has 1 unspecified atom stereocenters. The maximum absolute atomic E-state index is 14.3. The number of ether oxygens (including phenoxy) is 1. The highest BCUT2D eigenvalue weighted by Crippen LogP contribution is 2.27. The number of carbonyl (C=O) groups excluding carboxylic acids is 1. The Morgan fingerprint density at radius 3 is 2.84 bits per heavy atom. The molecule has 2 aromatic carbocycles. The molecule has 31 heavy (non-hydrogen) atoms. The fourth-order valence-electron chi connectivity index (χ4n) is 3.93. The van der Waals surface area contributed by atoms with E-state index in [9.17, 15) is 13.6 Å². The Hall–Kier alpha value is -3.42. The molecule has 6 nitrogen and oxygen atoms in total. The topological polar surface area (TPSA) is 59.4 Å². The van der Waals surface area contributed by atoms with Gasteiger partial charge in [-0.1, -0.05) is 6.07 Å². The first-order valence-electron chi connectivity index (χ1n) is 10.1. The van der Waals surface area contributed by atoms with Gasteiger partial charge >= 0.3 is 0 Å². The van der Waals surface area contributed by atoms with Gasteiger partial charge in [-0.15, -0.1) is 0 Å². The summed E-state index contributed by atoms with van der Waals surface area (Å²) in [4.78, 5) is 15.3. The number of halogens is 2. The number of rotatable bonds is 5. The predicted molar refractivity (Wildman–Crippen MR) is 114 cm³/mol. The third-order valence-corrected chi connectivity index (χ3v) is 5.43. The fourth-order valence-corrected chi connectivity index (χ4v) is 3.93. The normalized spacial score (nSPS) is 16.3. The summed E-state index contributed by atoms with van der Waals surface area (Å²) in [6, 6.07) is 11.0. The van der Waals surface area contributed by atoms with Crippen molar-refractivity contribution < 1.29 is 18.3 Å². The molecule has 0 spiro atoms. The van der Waals surface area contributed by atoms with Gasteiger partial charge in [0.25, 0.3) is 5.91 Å². The number of aromatic nitrogens is 2. The summed E-state index contributed by atoms with van der Waals surface area (Å²) in [5, 5.41) is 7.29. The molecule has 1 aliphatic heterocycles. The van der Waals surface area contributed by atoms with Gasteiger partial charge in [-0.25, -0.2) is 8.78 Å². The molecule has 1 fully saturated rings. The third-order valence-electron chi connectivity index (χ3n) is 5.43. The molecule has 1 saturated heterocycles. The SMILES string of the molecule is COc1cccc(N2CCCC(NC(=O)c3cn(C)nc3-c3ccc(F)cc3F)C2)c1. The summed E-state index contributed by atoms with van der Waals surface area (Å²) in [5.41, 5.74) is 1.58. The van der Waals surface area contributed by atoms with E-state index in [0.717, 1.165) is 43.0 Å². The number of nitrogens with zero attached hydrogens (tertiary/aromatic N) is 3. The van der Waals surface area contributed by atoms with Crippen LogP contribution in [0, 0.1) is 11.6 Å². The Labute approximate surface area is 179 Å². The third kappa shape index (κ3) is 4.52. The van der Waals surface area contributed by atoms with Crippen molar-refractivity contribution in [2.45, 2.75) is 18.9 Å². The second-order valence-electron chi connectivity index (χ2n) is 7.65. The summed E-state index contributed by atoms with van der Waals surface area (Å²) in [6.07, 6.45) is 3.32. The van der Waals surface area contributed by atoms with E-state index in [0.29, 0.717) is 6.54 Å². The zero-order valence-corrected chi connectivity index (χ0v) is 17.4. The molecule has 4 rings (SSSR count). The molecule has 1 atom stereocenters. The Morgan fingerprint density at radius 2 is 2.06 bits per heavy atom. The Kier molecular flexibility index (Phi) is 5.88. The number of hydrogen-bond acceptors (Lipinski definition) is 4. The van der Waals surface area contributed by atoms with Gasteiger partial charge in [0, 0.05) is 55.8 Å². The maximum atomic E-state index is 14.3. The number of amides is 1. The first kappa shape index (κ1) is 20.8. The first-order valence-corrected chi connectivity index (χ1v) is 10.1. The van der Waals surface area contributed by atoms with Crippen molar-refractivity contribution in [2.75, 3.05) is 25.1 Å². The van der Waals surface area contributed by atoms with E-state index in [4.69, 9.17) is 4.74 Å². The molecule has 0 radical (unpaired) electrons. The smallest absolute Gasteiger partial charge is 0.255 e. The highest BCUT2D eigenvalue weighted by atomic mass is 19.1. The van der Waals surface area contributed by atoms with E-state index >= 15 is 0 Å². The molecule has 1 aromatic heterocycles. The molecule has 8 heteroatoms. The van der Waals surface area contributed by atoms with Gasteiger partial charge in [-0.2, -0.15) is 5.10 Å². The Bertz CT molecular complexity index is 1100. The van der Waals surface area contributed by atoms with Gasteiger partial charge in [0.2, 0.25) is 0 Å². The predicted octanol–water partition coefficient (Wildman–Crippen LogP) is 3.77. The minimum atomic E-state index is -0.755. The van der Waals surface area contributed by atoms with E-state index in [1.165, 1.54) is 10.7 Å². The molecule has 0 bridgehead atoms. The monoisotopic (exact) mass is 426 g/mol. The van der Waals surface area contributed by atoms with E-state index < -0.39 is 11.6 Å². The minimum absolute atomic E-state index is 0.0708. The molecule has 1 aliphatic rings. The van der Waals surface area contributed by atoms with Gasteiger partial charge < -0.3 is 15.0 Å². The highest BCUT2D eigenvalue weighted by molar-refractivity contribution is 6.00. The van der Waals surface area contributed by atoms with E-state index in [2.05, 4.69) is 15.3 Å². The summed E-state index contributed by atoms with van der Waals surface area (Å²) in [5.74, 6) is -0.980. The molecule has 3 aromatic rings. The zero-order chi connectivity index (χ0) is 22.0. The van der Waals surface area contributed by atoms with Crippen molar-refractivity contribution in [2.24, 2.45) is 7.05 Å². The number of aryl methyl sites for hydroxylation is 1. The lowest BCUT2D eigenvalue weighted by atomic mass is 10.0. The summed E-state index contributed by atoms with van der Waals surface area (Å²) in [7, 11) is 3.29. The highest BCUT2D eigenvalue weighted by Gasteiger charge is 2.25. The van der Waals surface area contributed by atoms with Crippen molar-refractivity contribution in [3.05, 3.63) is 65.9 Å². The van der Waals surface area contributed by atoms with Crippen LogP contribution in [0.15, 0.2) is 48.7 Å². The van der Waals surface area contributed by atoms with Crippen LogP contribution in [0.1, 0.15) is 23.2 Å². The second-order valence-corrected chi connectivity index (χ2v) is 7.65. The number of carbonyl (C=O) groups is 1.